The largest absolute Gasteiger partial charge is 0.340 e. The number of hydrogen-bond donors (Lipinski definition) is 1. The molecule has 1 aromatic carbocycles. The van der Waals surface area contributed by atoms with E-state index in [9.17, 15) is 4.79 Å². The molecular formula is C15H21ClN6O. The second kappa shape index (κ2) is 7.52. The molecule has 8 heteroatoms. The number of benzene rings is 1. The zero-order valence-corrected chi connectivity index (χ0v) is 13.8. The van der Waals surface area contributed by atoms with Gasteiger partial charge in [0, 0.05) is 18.7 Å². The number of nitrogens with zero attached hydrogens (tertiary/aromatic N) is 5. The van der Waals surface area contributed by atoms with Crippen molar-refractivity contribution >= 4 is 18.3 Å². The Morgan fingerprint density at radius 2 is 2.13 bits per heavy atom. The van der Waals surface area contributed by atoms with Gasteiger partial charge in [-0.1, -0.05) is 30.3 Å². The first-order valence-corrected chi connectivity index (χ1v) is 7.53. The highest BCUT2D eigenvalue weighted by Crippen LogP contribution is 2.19. The fourth-order valence-electron chi connectivity index (χ4n) is 2.68. The van der Waals surface area contributed by atoms with Crippen LogP contribution in [0.1, 0.15) is 19.4 Å². The zero-order valence-electron chi connectivity index (χ0n) is 13.0. The Balaban J connectivity index is 0.00000192. The van der Waals surface area contributed by atoms with Crippen molar-refractivity contribution < 1.29 is 4.79 Å². The van der Waals surface area contributed by atoms with E-state index >= 15 is 0 Å². The smallest absolute Gasteiger partial charge is 0.249 e. The minimum atomic E-state index is -0.457. The van der Waals surface area contributed by atoms with Crippen molar-refractivity contribution in [1.82, 2.24) is 25.1 Å². The van der Waals surface area contributed by atoms with E-state index in [2.05, 4.69) is 15.4 Å². The first-order valence-electron chi connectivity index (χ1n) is 7.53. The average Bonchev–Trinajstić information content (AvgIpc) is 3.23. The number of carbonyl (C=O) groups is 1. The van der Waals surface area contributed by atoms with Crippen molar-refractivity contribution in [1.29, 1.82) is 0 Å². The van der Waals surface area contributed by atoms with Crippen LogP contribution < -0.4 is 5.73 Å². The molecule has 0 aliphatic carbocycles. The predicted octanol–water partition coefficient (Wildman–Crippen LogP) is 1.13. The monoisotopic (exact) mass is 336 g/mol. The van der Waals surface area contributed by atoms with E-state index in [0.29, 0.717) is 18.3 Å². The molecule has 2 heterocycles. The molecule has 2 unspecified atom stereocenters. The number of rotatable bonds is 4. The first kappa shape index (κ1) is 17.4. The first-order chi connectivity index (χ1) is 10.7. The number of carbonyl (C=O) groups excluding carboxylic acids is 1. The summed E-state index contributed by atoms with van der Waals surface area (Å²) in [6.07, 6.45) is 0.967. The fourth-order valence-corrected chi connectivity index (χ4v) is 2.68. The van der Waals surface area contributed by atoms with Gasteiger partial charge in [0.05, 0.1) is 0 Å². The van der Waals surface area contributed by atoms with Gasteiger partial charge in [-0.15, -0.1) is 22.6 Å². The molecule has 0 radical (unpaired) electrons. The molecule has 0 saturated carbocycles. The topological polar surface area (TPSA) is 89.9 Å². The molecule has 124 valence electrons. The van der Waals surface area contributed by atoms with E-state index in [4.69, 9.17) is 5.73 Å². The van der Waals surface area contributed by atoms with E-state index in [1.165, 1.54) is 4.80 Å². The molecule has 1 amide bonds. The Morgan fingerprint density at radius 1 is 1.39 bits per heavy atom. The third-order valence-corrected chi connectivity index (χ3v) is 4.09. The van der Waals surface area contributed by atoms with Crippen molar-refractivity contribution in [3.8, 4) is 11.4 Å². The van der Waals surface area contributed by atoms with Crippen molar-refractivity contribution in [2.45, 2.75) is 19.4 Å². The number of likely N-dealkylation sites (tertiary alicyclic amines) is 1. The summed E-state index contributed by atoms with van der Waals surface area (Å²) in [5.41, 5.74) is 6.56. The average molecular weight is 337 g/mol. The summed E-state index contributed by atoms with van der Waals surface area (Å²) in [5, 5.41) is 12.4. The highest BCUT2D eigenvalue weighted by molar-refractivity contribution is 5.85. The fraction of sp³-hybridized carbons (Fsp3) is 0.467. The van der Waals surface area contributed by atoms with Gasteiger partial charge in [0.25, 0.3) is 0 Å². The summed E-state index contributed by atoms with van der Waals surface area (Å²) in [6, 6.07) is 9.15. The van der Waals surface area contributed by atoms with Crippen LogP contribution in [0.25, 0.3) is 11.4 Å². The zero-order chi connectivity index (χ0) is 15.5. The normalized spacial score (nSPS) is 18.5. The maximum atomic E-state index is 12.5. The van der Waals surface area contributed by atoms with Crippen LogP contribution in [0.15, 0.2) is 30.3 Å². The van der Waals surface area contributed by atoms with Gasteiger partial charge in [-0.2, -0.15) is 4.80 Å². The van der Waals surface area contributed by atoms with Gasteiger partial charge >= 0.3 is 0 Å². The van der Waals surface area contributed by atoms with Gasteiger partial charge < -0.3 is 10.6 Å². The molecular weight excluding hydrogens is 316 g/mol. The number of aromatic nitrogens is 4. The summed E-state index contributed by atoms with van der Waals surface area (Å²) in [7, 11) is 0. The van der Waals surface area contributed by atoms with Gasteiger partial charge in [0.2, 0.25) is 11.7 Å². The van der Waals surface area contributed by atoms with Crippen molar-refractivity contribution in [2.24, 2.45) is 11.7 Å². The van der Waals surface area contributed by atoms with E-state index in [0.717, 1.165) is 25.1 Å². The number of nitrogens with two attached hydrogens (primary N) is 1. The minimum Gasteiger partial charge on any atom is -0.340 e. The highest BCUT2D eigenvalue weighted by Gasteiger charge is 2.30. The molecule has 2 atom stereocenters. The van der Waals surface area contributed by atoms with Crippen molar-refractivity contribution in [3.05, 3.63) is 30.3 Å². The lowest BCUT2D eigenvalue weighted by Crippen LogP contribution is -2.36. The molecule has 7 nitrogen and oxygen atoms in total. The Bertz CT molecular complexity index is 646. The Morgan fingerprint density at radius 3 is 2.78 bits per heavy atom. The third-order valence-electron chi connectivity index (χ3n) is 4.09. The lowest BCUT2D eigenvalue weighted by atomic mass is 10.1. The number of tetrazole rings is 1. The van der Waals surface area contributed by atoms with Crippen LogP contribution in [-0.2, 0) is 4.79 Å². The highest BCUT2D eigenvalue weighted by atomic mass is 35.5. The Labute approximate surface area is 141 Å². The maximum Gasteiger partial charge on any atom is 0.249 e. The quantitative estimate of drug-likeness (QED) is 0.904. The molecule has 2 N–H and O–H groups in total. The number of halogens is 1. The SMILES string of the molecule is CC(C(=O)N1CCC(CN)C1)n1nnc(-c2ccccc2)n1.Cl. The van der Waals surface area contributed by atoms with E-state index in [1.54, 1.807) is 6.92 Å². The summed E-state index contributed by atoms with van der Waals surface area (Å²) >= 11 is 0. The molecule has 2 aromatic rings. The van der Waals surface area contributed by atoms with Gasteiger partial charge in [-0.05, 0) is 31.0 Å². The van der Waals surface area contributed by atoms with Crippen LogP contribution in [-0.4, -0.2) is 50.6 Å². The Hall–Kier alpha value is -1.99. The van der Waals surface area contributed by atoms with Crippen LogP contribution in [0.5, 0.6) is 0 Å². The summed E-state index contributed by atoms with van der Waals surface area (Å²) in [4.78, 5) is 15.7. The maximum absolute atomic E-state index is 12.5. The second-order valence-electron chi connectivity index (χ2n) is 5.65. The van der Waals surface area contributed by atoms with Gasteiger partial charge in [-0.3, -0.25) is 4.79 Å². The molecule has 0 spiro atoms. The lowest BCUT2D eigenvalue weighted by molar-refractivity contribution is -0.134. The van der Waals surface area contributed by atoms with E-state index in [-0.39, 0.29) is 18.3 Å². The van der Waals surface area contributed by atoms with Crippen molar-refractivity contribution in [2.75, 3.05) is 19.6 Å². The lowest BCUT2D eigenvalue weighted by Gasteiger charge is -2.19. The molecule has 1 fully saturated rings. The number of amides is 1. The van der Waals surface area contributed by atoms with Crippen LogP contribution in [0.4, 0.5) is 0 Å². The van der Waals surface area contributed by atoms with E-state index in [1.807, 2.05) is 35.2 Å². The van der Waals surface area contributed by atoms with Gasteiger partial charge in [0.1, 0.15) is 6.04 Å². The molecule has 1 saturated heterocycles. The van der Waals surface area contributed by atoms with Crippen LogP contribution in [0.2, 0.25) is 0 Å². The number of hydrogen-bond acceptors (Lipinski definition) is 5. The summed E-state index contributed by atoms with van der Waals surface area (Å²) in [6.45, 7) is 3.90. The molecule has 23 heavy (non-hydrogen) atoms. The molecule has 1 aliphatic heterocycles. The van der Waals surface area contributed by atoms with Crippen molar-refractivity contribution in [3.63, 3.8) is 0 Å². The molecule has 3 rings (SSSR count). The minimum absolute atomic E-state index is 0. The molecule has 1 aliphatic rings. The standard InChI is InChI=1S/C15H20N6O.ClH/c1-11(15(22)20-8-7-12(9-16)10-20)21-18-14(17-19-21)13-5-3-2-4-6-13;/h2-6,11-12H,7-10,16H2,1H3;1H. The summed E-state index contributed by atoms with van der Waals surface area (Å²) in [5.74, 6) is 0.953. The van der Waals surface area contributed by atoms with E-state index < -0.39 is 6.04 Å². The predicted molar refractivity (Wildman–Crippen MR) is 89.0 cm³/mol. The third kappa shape index (κ3) is 3.68. The molecule has 1 aromatic heterocycles. The second-order valence-corrected chi connectivity index (χ2v) is 5.65. The Kier molecular flexibility index (Phi) is 5.68. The van der Waals surface area contributed by atoms with Crippen LogP contribution in [0.3, 0.4) is 0 Å². The molecule has 0 bridgehead atoms. The van der Waals surface area contributed by atoms with Crippen LogP contribution in [0, 0.1) is 5.92 Å². The van der Waals surface area contributed by atoms with Gasteiger partial charge in [0.15, 0.2) is 0 Å². The summed E-state index contributed by atoms with van der Waals surface area (Å²) < 4.78 is 0. The van der Waals surface area contributed by atoms with Crippen LogP contribution >= 0.6 is 12.4 Å². The van der Waals surface area contributed by atoms with Gasteiger partial charge in [-0.25, -0.2) is 0 Å².